The lowest BCUT2D eigenvalue weighted by Crippen LogP contribution is -2.05. The number of benzene rings is 1. The highest BCUT2D eigenvalue weighted by atomic mass is 35.5. The van der Waals surface area contributed by atoms with E-state index < -0.39 is 0 Å². The maximum absolute atomic E-state index is 6.13. The molecule has 6 heteroatoms. The summed E-state index contributed by atoms with van der Waals surface area (Å²) < 4.78 is 6.99. The molecular formula is C12H15ClN4O. The number of rotatable bonds is 3. The first kappa shape index (κ1) is 12.9. The van der Waals surface area contributed by atoms with Gasteiger partial charge in [0.05, 0.1) is 19.2 Å². The van der Waals surface area contributed by atoms with Crippen LogP contribution in [0.2, 0.25) is 5.02 Å². The number of nitrogens with two attached hydrogens (primary N) is 1. The van der Waals surface area contributed by atoms with Gasteiger partial charge in [0, 0.05) is 12.1 Å². The Kier molecular flexibility index (Phi) is 3.54. The highest BCUT2D eigenvalue weighted by molar-refractivity contribution is 6.31. The smallest absolute Gasteiger partial charge is 0.185 e. The summed E-state index contributed by atoms with van der Waals surface area (Å²) in [5.74, 6) is 1.98. The zero-order valence-corrected chi connectivity index (χ0v) is 11.3. The van der Waals surface area contributed by atoms with Crippen molar-refractivity contribution in [1.29, 1.82) is 0 Å². The number of halogens is 1. The minimum absolute atomic E-state index is 0.339. The van der Waals surface area contributed by atoms with Crippen LogP contribution in [0.25, 0.3) is 11.4 Å². The number of hydrogen-bond acceptors (Lipinski definition) is 4. The fraction of sp³-hybridized carbons (Fsp3) is 0.333. The van der Waals surface area contributed by atoms with E-state index in [1.54, 1.807) is 18.8 Å². The number of ether oxygens (including phenoxy) is 1. The number of aryl methyl sites for hydroxylation is 2. The topological polar surface area (TPSA) is 66.0 Å². The van der Waals surface area contributed by atoms with Crippen molar-refractivity contribution in [2.45, 2.75) is 13.5 Å². The van der Waals surface area contributed by atoms with Crippen molar-refractivity contribution in [3.05, 3.63) is 28.5 Å². The van der Waals surface area contributed by atoms with Crippen LogP contribution in [-0.2, 0) is 13.6 Å². The third kappa shape index (κ3) is 2.19. The standard InChI is InChI=1S/C12H15ClN4O/c1-7-4-10(18-3)8(5-9(7)13)12-15-11(6-14)17(2)16-12/h4-5H,6,14H2,1-3H3. The van der Waals surface area contributed by atoms with Crippen molar-refractivity contribution in [3.63, 3.8) is 0 Å². The normalized spacial score (nSPS) is 10.7. The summed E-state index contributed by atoms with van der Waals surface area (Å²) >= 11 is 6.13. The van der Waals surface area contributed by atoms with Crippen molar-refractivity contribution < 1.29 is 4.74 Å². The Morgan fingerprint density at radius 2 is 2.17 bits per heavy atom. The zero-order valence-electron chi connectivity index (χ0n) is 10.6. The second-order valence-corrected chi connectivity index (χ2v) is 4.39. The fourth-order valence-corrected chi connectivity index (χ4v) is 1.87. The highest BCUT2D eigenvalue weighted by Crippen LogP contribution is 2.32. The Bertz CT molecular complexity index is 580. The molecule has 1 aromatic heterocycles. The molecule has 96 valence electrons. The predicted octanol–water partition coefficient (Wildman–Crippen LogP) is 1.91. The van der Waals surface area contributed by atoms with Gasteiger partial charge in [-0.05, 0) is 24.6 Å². The molecule has 1 heterocycles. The monoisotopic (exact) mass is 266 g/mol. The maximum atomic E-state index is 6.13. The van der Waals surface area contributed by atoms with Crippen molar-refractivity contribution in [2.24, 2.45) is 12.8 Å². The molecule has 0 aliphatic rings. The summed E-state index contributed by atoms with van der Waals surface area (Å²) in [6, 6.07) is 3.68. The van der Waals surface area contributed by atoms with Gasteiger partial charge in [-0.25, -0.2) is 4.98 Å². The van der Waals surface area contributed by atoms with E-state index in [2.05, 4.69) is 10.1 Å². The molecule has 1 aromatic carbocycles. The van der Waals surface area contributed by atoms with Crippen LogP contribution < -0.4 is 10.5 Å². The molecule has 2 N–H and O–H groups in total. The summed E-state index contributed by atoms with van der Waals surface area (Å²) in [5, 5.41) is 4.98. The lowest BCUT2D eigenvalue weighted by molar-refractivity contribution is 0.416. The molecule has 0 fully saturated rings. The van der Waals surface area contributed by atoms with Gasteiger partial charge in [0.25, 0.3) is 0 Å². The first-order valence-corrected chi connectivity index (χ1v) is 5.89. The van der Waals surface area contributed by atoms with Gasteiger partial charge >= 0.3 is 0 Å². The number of nitrogens with zero attached hydrogens (tertiary/aromatic N) is 3. The van der Waals surface area contributed by atoms with Gasteiger partial charge in [0.2, 0.25) is 0 Å². The zero-order chi connectivity index (χ0) is 13.3. The van der Waals surface area contributed by atoms with Crippen LogP contribution in [-0.4, -0.2) is 21.9 Å². The van der Waals surface area contributed by atoms with Gasteiger partial charge in [0.15, 0.2) is 5.82 Å². The minimum Gasteiger partial charge on any atom is -0.496 e. The molecule has 0 aliphatic heterocycles. The molecule has 0 radical (unpaired) electrons. The molecule has 18 heavy (non-hydrogen) atoms. The molecule has 0 atom stereocenters. The summed E-state index contributed by atoms with van der Waals surface area (Å²) in [6.45, 7) is 2.26. The molecule has 0 unspecified atom stereocenters. The number of methoxy groups -OCH3 is 1. The fourth-order valence-electron chi connectivity index (χ4n) is 1.71. The molecule has 2 aromatic rings. The van der Waals surface area contributed by atoms with Gasteiger partial charge in [-0.15, -0.1) is 0 Å². The SMILES string of the molecule is COc1cc(C)c(Cl)cc1-c1nc(CN)n(C)n1. The van der Waals surface area contributed by atoms with E-state index in [1.807, 2.05) is 19.1 Å². The van der Waals surface area contributed by atoms with E-state index in [9.17, 15) is 0 Å². The molecule has 5 nitrogen and oxygen atoms in total. The Morgan fingerprint density at radius 3 is 2.72 bits per heavy atom. The minimum atomic E-state index is 0.339. The summed E-state index contributed by atoms with van der Waals surface area (Å²) in [5.41, 5.74) is 7.30. The van der Waals surface area contributed by atoms with E-state index >= 15 is 0 Å². The van der Waals surface area contributed by atoms with Crippen LogP contribution in [0.4, 0.5) is 0 Å². The van der Waals surface area contributed by atoms with Crippen molar-refractivity contribution in [1.82, 2.24) is 14.8 Å². The third-order valence-electron chi connectivity index (χ3n) is 2.76. The molecule has 2 rings (SSSR count). The quantitative estimate of drug-likeness (QED) is 0.922. The first-order valence-electron chi connectivity index (χ1n) is 5.51. The van der Waals surface area contributed by atoms with Gasteiger partial charge in [0.1, 0.15) is 11.6 Å². The lowest BCUT2D eigenvalue weighted by Gasteiger charge is -2.08. The van der Waals surface area contributed by atoms with E-state index in [4.69, 9.17) is 22.1 Å². The molecule has 0 aliphatic carbocycles. The van der Waals surface area contributed by atoms with Gasteiger partial charge < -0.3 is 10.5 Å². The van der Waals surface area contributed by atoms with Gasteiger partial charge in [-0.1, -0.05) is 11.6 Å². The lowest BCUT2D eigenvalue weighted by atomic mass is 10.1. The highest BCUT2D eigenvalue weighted by Gasteiger charge is 2.14. The van der Waals surface area contributed by atoms with Crippen LogP contribution in [0.3, 0.4) is 0 Å². The van der Waals surface area contributed by atoms with Crippen LogP contribution in [0, 0.1) is 6.92 Å². The van der Waals surface area contributed by atoms with Gasteiger partial charge in [-0.3, -0.25) is 4.68 Å². The number of hydrogen-bond donors (Lipinski definition) is 1. The van der Waals surface area contributed by atoms with Crippen LogP contribution >= 0.6 is 11.6 Å². The summed E-state index contributed by atoms with van der Waals surface area (Å²) in [4.78, 5) is 4.37. The van der Waals surface area contributed by atoms with Crippen LogP contribution in [0.5, 0.6) is 5.75 Å². The molecule has 0 spiro atoms. The van der Waals surface area contributed by atoms with E-state index in [1.165, 1.54) is 0 Å². The summed E-state index contributed by atoms with van der Waals surface area (Å²) in [7, 11) is 3.42. The molecule has 0 bridgehead atoms. The van der Waals surface area contributed by atoms with Crippen molar-refractivity contribution in [3.8, 4) is 17.1 Å². The van der Waals surface area contributed by atoms with Crippen molar-refractivity contribution in [2.75, 3.05) is 7.11 Å². The maximum Gasteiger partial charge on any atom is 0.185 e. The van der Waals surface area contributed by atoms with Crippen LogP contribution in [0.15, 0.2) is 12.1 Å². The third-order valence-corrected chi connectivity index (χ3v) is 3.16. The molecule has 0 amide bonds. The molecule has 0 saturated heterocycles. The molecular weight excluding hydrogens is 252 g/mol. The Balaban J connectivity index is 2.58. The van der Waals surface area contributed by atoms with Gasteiger partial charge in [-0.2, -0.15) is 5.10 Å². The molecule has 0 saturated carbocycles. The van der Waals surface area contributed by atoms with E-state index in [0.29, 0.717) is 29.0 Å². The second kappa shape index (κ2) is 4.96. The van der Waals surface area contributed by atoms with Crippen LogP contribution in [0.1, 0.15) is 11.4 Å². The summed E-state index contributed by atoms with van der Waals surface area (Å²) in [6.07, 6.45) is 0. The predicted molar refractivity (Wildman–Crippen MR) is 70.6 cm³/mol. The van der Waals surface area contributed by atoms with E-state index in [0.717, 1.165) is 11.1 Å². The average molecular weight is 267 g/mol. The van der Waals surface area contributed by atoms with Crippen molar-refractivity contribution >= 4 is 11.6 Å². The number of aromatic nitrogens is 3. The Morgan fingerprint density at radius 1 is 1.44 bits per heavy atom. The Hall–Kier alpha value is -1.59. The second-order valence-electron chi connectivity index (χ2n) is 3.98. The first-order chi connectivity index (χ1) is 8.56. The Labute approximate surface area is 111 Å². The largest absolute Gasteiger partial charge is 0.496 e. The van der Waals surface area contributed by atoms with E-state index in [-0.39, 0.29) is 0 Å². The average Bonchev–Trinajstić information content (AvgIpc) is 2.73.